The van der Waals surface area contributed by atoms with Crippen molar-refractivity contribution in [2.45, 2.75) is 33.6 Å². The van der Waals surface area contributed by atoms with Gasteiger partial charge in [-0.15, -0.1) is 0 Å². The van der Waals surface area contributed by atoms with Crippen molar-refractivity contribution in [3.05, 3.63) is 59.0 Å². The lowest BCUT2D eigenvalue weighted by Crippen LogP contribution is -2.22. The summed E-state index contributed by atoms with van der Waals surface area (Å²) in [6, 6.07) is 9.71. The first-order valence-electron chi connectivity index (χ1n) is 7.05. The molecular weight excluding hydrogens is 264 g/mol. The number of amides is 1. The molecule has 0 fully saturated rings. The molecule has 1 amide bonds. The Bertz CT molecular complexity index is 643. The molecule has 0 aliphatic carbocycles. The monoisotopic (exact) mass is 284 g/mol. The summed E-state index contributed by atoms with van der Waals surface area (Å²) < 4.78 is 5.29. The number of hydrogen-bond acceptors (Lipinski definition) is 3. The molecule has 0 radical (unpaired) electrons. The van der Waals surface area contributed by atoms with E-state index in [0.717, 1.165) is 16.8 Å². The van der Waals surface area contributed by atoms with Gasteiger partial charge in [-0.2, -0.15) is 5.10 Å². The van der Waals surface area contributed by atoms with Gasteiger partial charge in [-0.05, 0) is 43.5 Å². The van der Waals surface area contributed by atoms with Gasteiger partial charge in [0.25, 0.3) is 0 Å². The fourth-order valence-corrected chi connectivity index (χ4v) is 2.14. The smallest absolute Gasteiger partial charge is 0.244 e. The minimum atomic E-state index is -0.126. The van der Waals surface area contributed by atoms with Crippen LogP contribution in [0.3, 0.4) is 0 Å². The van der Waals surface area contributed by atoms with Gasteiger partial charge in [0.2, 0.25) is 5.91 Å². The number of furan rings is 1. The van der Waals surface area contributed by atoms with Crippen LogP contribution in [0.2, 0.25) is 0 Å². The molecule has 0 aliphatic heterocycles. The van der Waals surface area contributed by atoms with Crippen molar-refractivity contribution in [1.82, 2.24) is 5.43 Å². The van der Waals surface area contributed by atoms with E-state index in [0.29, 0.717) is 18.6 Å². The largest absolute Gasteiger partial charge is 0.463 e. The van der Waals surface area contributed by atoms with Crippen LogP contribution in [0.15, 0.2) is 46.1 Å². The lowest BCUT2D eigenvalue weighted by molar-refractivity contribution is -0.120. The second-order valence-corrected chi connectivity index (χ2v) is 5.03. The SMILES string of the molecule is CC/C(=N\NC(=O)Cc1ccc(C)cc1C)c1ccco1. The molecule has 0 unspecified atom stereocenters. The van der Waals surface area contributed by atoms with Crippen molar-refractivity contribution in [3.63, 3.8) is 0 Å². The van der Waals surface area contributed by atoms with Gasteiger partial charge in [-0.1, -0.05) is 30.7 Å². The first kappa shape index (κ1) is 15.0. The van der Waals surface area contributed by atoms with Gasteiger partial charge >= 0.3 is 0 Å². The standard InChI is InChI=1S/C17H20N2O2/c1-4-15(16-6-5-9-21-16)18-19-17(20)11-14-8-7-12(2)10-13(14)3/h5-10H,4,11H2,1-3H3,(H,19,20)/b18-15+. The maximum absolute atomic E-state index is 12.0. The highest BCUT2D eigenvalue weighted by Gasteiger charge is 2.08. The van der Waals surface area contributed by atoms with Gasteiger partial charge in [0.05, 0.1) is 12.7 Å². The summed E-state index contributed by atoms with van der Waals surface area (Å²) in [5, 5.41) is 4.15. The molecule has 0 saturated heterocycles. The highest BCUT2D eigenvalue weighted by atomic mass is 16.3. The number of carbonyl (C=O) groups excluding carboxylic acids is 1. The van der Waals surface area contributed by atoms with Crippen LogP contribution in [0.4, 0.5) is 0 Å². The molecule has 110 valence electrons. The summed E-state index contributed by atoms with van der Waals surface area (Å²) in [6.07, 6.45) is 2.61. The molecule has 1 N–H and O–H groups in total. The fraction of sp³-hybridized carbons (Fsp3) is 0.294. The molecule has 2 rings (SSSR count). The van der Waals surface area contributed by atoms with E-state index in [-0.39, 0.29) is 5.91 Å². The van der Waals surface area contributed by atoms with Gasteiger partial charge in [0.1, 0.15) is 11.5 Å². The van der Waals surface area contributed by atoms with Crippen LogP contribution in [0.1, 0.15) is 35.8 Å². The normalized spacial score (nSPS) is 11.5. The van der Waals surface area contributed by atoms with Crippen LogP contribution in [0.25, 0.3) is 0 Å². The molecule has 0 bridgehead atoms. The molecule has 1 aromatic carbocycles. The lowest BCUT2D eigenvalue weighted by atomic mass is 10.0. The molecule has 21 heavy (non-hydrogen) atoms. The van der Waals surface area contributed by atoms with Gasteiger partial charge < -0.3 is 4.42 Å². The maximum Gasteiger partial charge on any atom is 0.244 e. The predicted molar refractivity (Wildman–Crippen MR) is 83.3 cm³/mol. The third-order valence-corrected chi connectivity index (χ3v) is 3.31. The number of hydrogen-bond donors (Lipinski definition) is 1. The highest BCUT2D eigenvalue weighted by molar-refractivity contribution is 5.98. The molecule has 0 spiro atoms. The van der Waals surface area contributed by atoms with Crippen molar-refractivity contribution in [3.8, 4) is 0 Å². The summed E-state index contributed by atoms with van der Waals surface area (Å²) in [5.41, 5.74) is 6.67. The molecule has 0 atom stereocenters. The third-order valence-electron chi connectivity index (χ3n) is 3.31. The Hall–Kier alpha value is -2.36. The molecule has 2 aromatic rings. The quantitative estimate of drug-likeness (QED) is 0.676. The highest BCUT2D eigenvalue weighted by Crippen LogP contribution is 2.11. The van der Waals surface area contributed by atoms with E-state index in [9.17, 15) is 4.79 Å². The second-order valence-electron chi connectivity index (χ2n) is 5.03. The minimum absolute atomic E-state index is 0.126. The fourth-order valence-electron chi connectivity index (χ4n) is 2.14. The third kappa shape index (κ3) is 4.05. The van der Waals surface area contributed by atoms with E-state index in [4.69, 9.17) is 4.42 Å². The minimum Gasteiger partial charge on any atom is -0.463 e. The predicted octanol–water partition coefficient (Wildman–Crippen LogP) is 3.37. The van der Waals surface area contributed by atoms with Crippen molar-refractivity contribution >= 4 is 11.6 Å². The topological polar surface area (TPSA) is 54.6 Å². The Morgan fingerprint density at radius 1 is 1.29 bits per heavy atom. The Morgan fingerprint density at radius 3 is 2.71 bits per heavy atom. The van der Waals surface area contributed by atoms with Crippen LogP contribution in [-0.2, 0) is 11.2 Å². The molecule has 4 nitrogen and oxygen atoms in total. The van der Waals surface area contributed by atoms with E-state index in [1.54, 1.807) is 12.3 Å². The Labute approximate surface area is 124 Å². The van der Waals surface area contributed by atoms with Crippen LogP contribution in [-0.4, -0.2) is 11.6 Å². The van der Waals surface area contributed by atoms with Gasteiger partial charge in [-0.25, -0.2) is 5.43 Å². The van der Waals surface area contributed by atoms with E-state index in [1.165, 1.54) is 5.56 Å². The van der Waals surface area contributed by atoms with Crippen molar-refractivity contribution in [1.29, 1.82) is 0 Å². The summed E-state index contributed by atoms with van der Waals surface area (Å²) in [5.74, 6) is 0.559. The van der Waals surface area contributed by atoms with Crippen LogP contribution < -0.4 is 5.43 Å². The number of aryl methyl sites for hydroxylation is 2. The van der Waals surface area contributed by atoms with Gasteiger partial charge in [0.15, 0.2) is 0 Å². The summed E-state index contributed by atoms with van der Waals surface area (Å²) in [4.78, 5) is 12.0. The van der Waals surface area contributed by atoms with Gasteiger partial charge in [-0.3, -0.25) is 4.79 Å². The molecule has 1 aromatic heterocycles. The second kappa shape index (κ2) is 6.88. The van der Waals surface area contributed by atoms with E-state index in [1.807, 2.05) is 39.0 Å². The molecular formula is C17H20N2O2. The number of carbonyl (C=O) groups is 1. The van der Waals surface area contributed by atoms with Gasteiger partial charge in [0, 0.05) is 0 Å². The summed E-state index contributed by atoms with van der Waals surface area (Å²) >= 11 is 0. The van der Waals surface area contributed by atoms with E-state index >= 15 is 0 Å². The Balaban J connectivity index is 2.01. The number of benzene rings is 1. The average molecular weight is 284 g/mol. The lowest BCUT2D eigenvalue weighted by Gasteiger charge is -2.06. The zero-order valence-corrected chi connectivity index (χ0v) is 12.6. The summed E-state index contributed by atoms with van der Waals surface area (Å²) in [6.45, 7) is 6.02. The summed E-state index contributed by atoms with van der Waals surface area (Å²) in [7, 11) is 0. The number of nitrogens with zero attached hydrogens (tertiary/aromatic N) is 1. The Kier molecular flexibility index (Phi) is 4.93. The number of nitrogens with one attached hydrogen (secondary N) is 1. The van der Waals surface area contributed by atoms with E-state index < -0.39 is 0 Å². The zero-order valence-electron chi connectivity index (χ0n) is 12.6. The zero-order chi connectivity index (χ0) is 15.2. The maximum atomic E-state index is 12.0. The van der Waals surface area contributed by atoms with E-state index in [2.05, 4.69) is 16.6 Å². The number of hydrazone groups is 1. The van der Waals surface area contributed by atoms with Crippen molar-refractivity contribution in [2.24, 2.45) is 5.10 Å². The molecule has 4 heteroatoms. The number of rotatable bonds is 5. The van der Waals surface area contributed by atoms with Crippen LogP contribution in [0, 0.1) is 13.8 Å². The van der Waals surface area contributed by atoms with Crippen molar-refractivity contribution < 1.29 is 9.21 Å². The Morgan fingerprint density at radius 2 is 2.10 bits per heavy atom. The molecule has 0 aliphatic rings. The van der Waals surface area contributed by atoms with Crippen molar-refractivity contribution in [2.75, 3.05) is 0 Å². The molecule has 1 heterocycles. The first-order valence-corrected chi connectivity index (χ1v) is 7.05. The molecule has 0 saturated carbocycles. The average Bonchev–Trinajstić information content (AvgIpc) is 2.97. The van der Waals surface area contributed by atoms with Crippen LogP contribution >= 0.6 is 0 Å². The first-order chi connectivity index (χ1) is 10.1. The van der Waals surface area contributed by atoms with Crippen LogP contribution in [0.5, 0.6) is 0 Å².